The lowest BCUT2D eigenvalue weighted by molar-refractivity contribution is -0.117. The Morgan fingerprint density at radius 1 is 1.35 bits per heavy atom. The molecule has 2 heterocycles. The summed E-state index contributed by atoms with van der Waals surface area (Å²) in [7, 11) is 1.91. The average molecular weight is 337 g/mol. The second-order valence-corrected chi connectivity index (χ2v) is 5.61. The highest BCUT2D eigenvalue weighted by atomic mass is 35.5. The third-order valence-corrected chi connectivity index (χ3v) is 3.95. The van der Waals surface area contributed by atoms with Gasteiger partial charge < -0.3 is 14.7 Å². The van der Waals surface area contributed by atoms with Crippen molar-refractivity contribution in [3.63, 3.8) is 0 Å². The van der Waals surface area contributed by atoms with Gasteiger partial charge in [0.1, 0.15) is 0 Å². The summed E-state index contributed by atoms with van der Waals surface area (Å²) in [4.78, 5) is 18.0. The van der Waals surface area contributed by atoms with Gasteiger partial charge in [0, 0.05) is 36.7 Å². The Bertz CT molecular complexity index is 656. The van der Waals surface area contributed by atoms with Gasteiger partial charge in [-0.1, -0.05) is 5.16 Å². The van der Waals surface area contributed by atoms with Crippen LogP contribution in [-0.4, -0.2) is 35.7 Å². The second-order valence-electron chi connectivity index (χ2n) is 5.61. The van der Waals surface area contributed by atoms with Crippen molar-refractivity contribution in [2.45, 2.75) is 32.2 Å². The molecule has 1 aliphatic rings. The Balaban J connectivity index is 0.00000192. The van der Waals surface area contributed by atoms with Gasteiger partial charge in [-0.15, -0.1) is 12.4 Å². The van der Waals surface area contributed by atoms with Crippen molar-refractivity contribution in [3.05, 3.63) is 30.1 Å². The van der Waals surface area contributed by atoms with Gasteiger partial charge >= 0.3 is 0 Å². The van der Waals surface area contributed by atoms with E-state index in [9.17, 15) is 4.79 Å². The van der Waals surface area contributed by atoms with Crippen molar-refractivity contribution in [1.29, 1.82) is 0 Å². The molecule has 0 bridgehead atoms. The Morgan fingerprint density at radius 3 is 2.70 bits per heavy atom. The molecule has 3 rings (SSSR count). The van der Waals surface area contributed by atoms with Crippen molar-refractivity contribution in [3.8, 4) is 11.5 Å². The zero-order valence-electron chi connectivity index (χ0n) is 13.3. The summed E-state index contributed by atoms with van der Waals surface area (Å²) in [5, 5.41) is 7.15. The van der Waals surface area contributed by atoms with E-state index in [0.717, 1.165) is 30.6 Å². The monoisotopic (exact) mass is 336 g/mol. The highest BCUT2D eigenvalue weighted by Gasteiger charge is 2.21. The normalized spacial score (nSPS) is 15.6. The van der Waals surface area contributed by atoms with Gasteiger partial charge in [0.25, 0.3) is 5.89 Å². The molecule has 1 aromatic heterocycles. The number of benzene rings is 1. The first-order chi connectivity index (χ1) is 10.7. The number of likely N-dealkylation sites (N-methyl/N-ethyl adjacent to an activating group) is 1. The lowest BCUT2D eigenvalue weighted by atomic mass is 10.2. The summed E-state index contributed by atoms with van der Waals surface area (Å²) in [6.07, 6.45) is 2.29. The van der Waals surface area contributed by atoms with Gasteiger partial charge in [-0.05, 0) is 44.7 Å². The molecule has 23 heavy (non-hydrogen) atoms. The van der Waals surface area contributed by atoms with Crippen molar-refractivity contribution in [1.82, 2.24) is 15.5 Å². The minimum Gasteiger partial charge on any atom is -0.334 e. The van der Waals surface area contributed by atoms with Crippen LogP contribution in [0.15, 0.2) is 28.8 Å². The highest BCUT2D eigenvalue weighted by molar-refractivity contribution is 5.95. The molecular formula is C16H21ClN4O2. The first kappa shape index (κ1) is 17.4. The maximum Gasteiger partial charge on any atom is 0.257 e. The van der Waals surface area contributed by atoms with Crippen LogP contribution in [0.4, 0.5) is 5.69 Å². The van der Waals surface area contributed by atoms with E-state index in [4.69, 9.17) is 4.52 Å². The van der Waals surface area contributed by atoms with E-state index >= 15 is 0 Å². The Labute approximate surface area is 141 Å². The lowest BCUT2D eigenvalue weighted by Crippen LogP contribution is -2.24. The summed E-state index contributed by atoms with van der Waals surface area (Å²) in [6, 6.07) is 7.99. The molecule has 1 unspecified atom stereocenters. The predicted molar refractivity (Wildman–Crippen MR) is 90.8 cm³/mol. The molecule has 0 saturated carbocycles. The molecule has 0 radical (unpaired) electrons. The van der Waals surface area contributed by atoms with Crippen LogP contribution in [0.2, 0.25) is 0 Å². The van der Waals surface area contributed by atoms with Gasteiger partial charge in [-0.25, -0.2) is 0 Å². The number of amides is 1. The molecule has 1 saturated heterocycles. The summed E-state index contributed by atoms with van der Waals surface area (Å²) >= 11 is 0. The molecule has 124 valence electrons. The van der Waals surface area contributed by atoms with Crippen LogP contribution in [0.5, 0.6) is 0 Å². The maximum atomic E-state index is 11.7. The van der Waals surface area contributed by atoms with Crippen LogP contribution in [0.25, 0.3) is 11.5 Å². The summed E-state index contributed by atoms with van der Waals surface area (Å²) in [5.74, 6) is 1.39. The van der Waals surface area contributed by atoms with Crippen LogP contribution < -0.4 is 10.2 Å². The topological polar surface area (TPSA) is 71.3 Å². The fraction of sp³-hybridized carbons (Fsp3) is 0.438. The zero-order valence-corrected chi connectivity index (χ0v) is 14.1. The van der Waals surface area contributed by atoms with Crippen molar-refractivity contribution < 1.29 is 9.32 Å². The first-order valence-corrected chi connectivity index (χ1v) is 7.58. The number of rotatable bonds is 5. The van der Waals surface area contributed by atoms with Crippen LogP contribution in [-0.2, 0) is 11.2 Å². The smallest absolute Gasteiger partial charge is 0.257 e. The molecule has 1 aromatic carbocycles. The van der Waals surface area contributed by atoms with E-state index in [2.05, 4.69) is 22.4 Å². The number of carbonyl (C=O) groups excluding carboxylic acids is 1. The fourth-order valence-electron chi connectivity index (χ4n) is 2.54. The number of aromatic nitrogens is 2. The van der Waals surface area contributed by atoms with Crippen LogP contribution in [0.3, 0.4) is 0 Å². The molecule has 1 atom stereocenters. The fourth-order valence-corrected chi connectivity index (χ4v) is 2.54. The molecule has 1 fully saturated rings. The molecule has 0 spiro atoms. The summed E-state index contributed by atoms with van der Waals surface area (Å²) < 4.78 is 5.31. The molecule has 0 aliphatic carbocycles. The van der Waals surface area contributed by atoms with Crippen molar-refractivity contribution in [2.24, 2.45) is 0 Å². The van der Waals surface area contributed by atoms with Crippen molar-refractivity contribution in [2.75, 3.05) is 18.5 Å². The molecule has 2 aromatic rings. The molecule has 1 N–H and O–H groups in total. The van der Waals surface area contributed by atoms with E-state index in [0.29, 0.717) is 24.2 Å². The van der Waals surface area contributed by atoms with Gasteiger partial charge in [-0.3, -0.25) is 4.79 Å². The third-order valence-electron chi connectivity index (χ3n) is 3.95. The largest absolute Gasteiger partial charge is 0.334 e. The van der Waals surface area contributed by atoms with Crippen LogP contribution in [0, 0.1) is 0 Å². The van der Waals surface area contributed by atoms with Gasteiger partial charge in [0.05, 0.1) is 0 Å². The number of halogens is 1. The number of nitrogens with zero attached hydrogens (tertiary/aromatic N) is 3. The number of hydrogen-bond acceptors (Lipinski definition) is 5. The zero-order chi connectivity index (χ0) is 15.5. The summed E-state index contributed by atoms with van der Waals surface area (Å²) in [5.41, 5.74) is 1.79. The van der Waals surface area contributed by atoms with Gasteiger partial charge in [-0.2, -0.15) is 4.98 Å². The second kappa shape index (κ2) is 7.57. The minimum atomic E-state index is 0. The van der Waals surface area contributed by atoms with Crippen molar-refractivity contribution >= 4 is 24.0 Å². The number of carbonyl (C=O) groups is 1. The summed E-state index contributed by atoms with van der Waals surface area (Å²) in [6.45, 7) is 2.86. The van der Waals surface area contributed by atoms with E-state index < -0.39 is 0 Å². The third kappa shape index (κ3) is 3.89. The molecule has 6 nitrogen and oxygen atoms in total. The molecule has 7 heteroatoms. The van der Waals surface area contributed by atoms with E-state index in [1.165, 1.54) is 0 Å². The standard InChI is InChI=1S/C16H20N4O2.ClH/c1-11(17-2)10-14-18-16(22-19-14)12-5-7-13(8-6-12)20-9-3-4-15(20)21;/h5-8,11,17H,3-4,9-10H2,1-2H3;1H. The van der Waals surface area contributed by atoms with Crippen LogP contribution >= 0.6 is 12.4 Å². The van der Waals surface area contributed by atoms with E-state index in [1.807, 2.05) is 36.2 Å². The highest BCUT2D eigenvalue weighted by Crippen LogP contribution is 2.25. The maximum absolute atomic E-state index is 11.7. The van der Waals surface area contributed by atoms with E-state index in [-0.39, 0.29) is 18.3 Å². The molecule has 1 aliphatic heterocycles. The minimum absolute atomic E-state index is 0. The first-order valence-electron chi connectivity index (χ1n) is 7.58. The SMILES string of the molecule is CNC(C)Cc1noc(-c2ccc(N3CCCC3=O)cc2)n1.Cl. The number of hydrogen-bond donors (Lipinski definition) is 1. The number of nitrogens with one attached hydrogen (secondary N) is 1. The van der Waals surface area contributed by atoms with Gasteiger partial charge in [0.2, 0.25) is 5.91 Å². The lowest BCUT2D eigenvalue weighted by Gasteiger charge is -2.15. The number of anilines is 1. The quantitative estimate of drug-likeness (QED) is 0.908. The average Bonchev–Trinajstić information content (AvgIpc) is 3.16. The van der Waals surface area contributed by atoms with Gasteiger partial charge in [0.15, 0.2) is 5.82 Å². The molecule has 1 amide bonds. The Morgan fingerprint density at radius 2 is 2.09 bits per heavy atom. The molecular weight excluding hydrogens is 316 g/mol. The Hall–Kier alpha value is -1.92. The van der Waals surface area contributed by atoms with E-state index in [1.54, 1.807) is 0 Å². The predicted octanol–water partition coefficient (Wildman–Crippen LogP) is 2.44. The Kier molecular flexibility index (Phi) is 5.74. The van der Waals surface area contributed by atoms with Crippen LogP contribution in [0.1, 0.15) is 25.6 Å².